The van der Waals surface area contributed by atoms with Gasteiger partial charge in [0.15, 0.2) is 0 Å². The number of rotatable bonds is 7. The molecule has 1 amide bonds. The van der Waals surface area contributed by atoms with Gasteiger partial charge in [0.05, 0.1) is 12.1 Å². The fourth-order valence-electron chi connectivity index (χ4n) is 4.34. The molecule has 3 aromatic rings. The highest BCUT2D eigenvalue weighted by molar-refractivity contribution is 5.82. The summed E-state index contributed by atoms with van der Waals surface area (Å²) in [5.74, 6) is 0.0401. The van der Waals surface area contributed by atoms with Gasteiger partial charge in [-0.3, -0.25) is 9.69 Å². The summed E-state index contributed by atoms with van der Waals surface area (Å²) in [6.07, 6.45) is 4.56. The van der Waals surface area contributed by atoms with Gasteiger partial charge in [0.25, 0.3) is 0 Å². The number of nitrogens with two attached hydrogens (primary N) is 1. The van der Waals surface area contributed by atoms with E-state index in [1.165, 1.54) is 11.1 Å². The van der Waals surface area contributed by atoms with Gasteiger partial charge >= 0.3 is 0 Å². The largest absolute Gasteiger partial charge is 0.339 e. The smallest absolute Gasteiger partial charge is 0.239 e. The molecule has 1 atom stereocenters. The number of piperazine rings is 1. The van der Waals surface area contributed by atoms with Gasteiger partial charge in [-0.1, -0.05) is 103 Å². The summed E-state index contributed by atoms with van der Waals surface area (Å²) in [6.45, 7) is 3.05. The molecule has 32 heavy (non-hydrogen) atoms. The highest BCUT2D eigenvalue weighted by Gasteiger charge is 2.29. The number of hydrogen-bond donors (Lipinski definition) is 1. The highest BCUT2D eigenvalue weighted by Crippen LogP contribution is 2.29. The van der Waals surface area contributed by atoms with Gasteiger partial charge < -0.3 is 10.6 Å². The summed E-state index contributed by atoms with van der Waals surface area (Å²) >= 11 is 0. The van der Waals surface area contributed by atoms with E-state index in [9.17, 15) is 4.79 Å². The monoisotopic (exact) mass is 425 g/mol. The normalized spacial score (nSPS) is 15.9. The first-order valence-corrected chi connectivity index (χ1v) is 11.3. The van der Waals surface area contributed by atoms with Crippen molar-refractivity contribution in [3.05, 3.63) is 114 Å². The zero-order chi connectivity index (χ0) is 22.2. The minimum atomic E-state index is -0.499. The Kier molecular flexibility index (Phi) is 7.49. The number of carbonyl (C=O) groups excluding carboxylic acids is 1. The van der Waals surface area contributed by atoms with Crippen molar-refractivity contribution in [2.45, 2.75) is 18.5 Å². The fraction of sp³-hybridized carbons (Fsp3) is 0.250. The van der Waals surface area contributed by atoms with E-state index >= 15 is 0 Å². The van der Waals surface area contributed by atoms with Gasteiger partial charge in [-0.15, -0.1) is 0 Å². The molecule has 1 unspecified atom stereocenters. The first-order chi connectivity index (χ1) is 15.7. The molecule has 3 aromatic carbocycles. The lowest BCUT2D eigenvalue weighted by Gasteiger charge is -2.40. The molecule has 1 fully saturated rings. The van der Waals surface area contributed by atoms with Crippen LogP contribution < -0.4 is 5.73 Å². The topological polar surface area (TPSA) is 49.6 Å². The second-order valence-corrected chi connectivity index (χ2v) is 8.24. The molecule has 1 saturated heterocycles. The third kappa shape index (κ3) is 5.52. The van der Waals surface area contributed by atoms with Crippen LogP contribution in [0.25, 0.3) is 6.08 Å². The van der Waals surface area contributed by atoms with E-state index < -0.39 is 6.04 Å². The minimum Gasteiger partial charge on any atom is -0.339 e. The van der Waals surface area contributed by atoms with E-state index in [-0.39, 0.29) is 11.9 Å². The van der Waals surface area contributed by atoms with E-state index in [1.807, 2.05) is 47.4 Å². The second kappa shape index (κ2) is 10.9. The second-order valence-electron chi connectivity index (χ2n) is 8.24. The Labute approximate surface area is 191 Å². The molecular weight excluding hydrogens is 394 g/mol. The average Bonchev–Trinajstić information content (AvgIpc) is 2.86. The molecule has 1 heterocycles. The molecule has 1 aliphatic heterocycles. The Morgan fingerprint density at radius 1 is 0.781 bits per heavy atom. The van der Waals surface area contributed by atoms with Crippen LogP contribution in [-0.2, 0) is 4.79 Å². The van der Waals surface area contributed by atoms with E-state index in [0.29, 0.717) is 19.5 Å². The molecule has 0 bridgehead atoms. The lowest BCUT2D eigenvalue weighted by Crippen LogP contribution is -2.53. The maximum Gasteiger partial charge on any atom is 0.239 e. The van der Waals surface area contributed by atoms with Crippen molar-refractivity contribution in [1.82, 2.24) is 9.80 Å². The fourth-order valence-corrected chi connectivity index (χ4v) is 4.34. The van der Waals surface area contributed by atoms with Crippen LogP contribution in [0.4, 0.5) is 0 Å². The number of amides is 1. The Morgan fingerprint density at radius 2 is 1.28 bits per heavy atom. The van der Waals surface area contributed by atoms with Gasteiger partial charge in [0.1, 0.15) is 0 Å². The summed E-state index contributed by atoms with van der Waals surface area (Å²) < 4.78 is 0. The summed E-state index contributed by atoms with van der Waals surface area (Å²) in [5, 5.41) is 0. The summed E-state index contributed by atoms with van der Waals surface area (Å²) in [4.78, 5) is 17.3. The molecule has 0 radical (unpaired) electrons. The first-order valence-electron chi connectivity index (χ1n) is 11.3. The van der Waals surface area contributed by atoms with Gasteiger partial charge in [-0.05, 0) is 23.1 Å². The van der Waals surface area contributed by atoms with Crippen LogP contribution in [-0.4, -0.2) is 47.9 Å². The van der Waals surface area contributed by atoms with E-state index in [2.05, 4.69) is 65.6 Å². The van der Waals surface area contributed by atoms with Crippen molar-refractivity contribution in [2.75, 3.05) is 26.2 Å². The van der Waals surface area contributed by atoms with Crippen molar-refractivity contribution in [3.8, 4) is 0 Å². The van der Waals surface area contributed by atoms with Crippen LogP contribution in [0, 0.1) is 0 Å². The average molecular weight is 426 g/mol. The predicted molar refractivity (Wildman–Crippen MR) is 131 cm³/mol. The SMILES string of the molecule is NC(CC=Cc1ccccc1)C(=O)N1CCN(C(c2ccccc2)c2ccccc2)CC1. The predicted octanol–water partition coefficient (Wildman–Crippen LogP) is 4.35. The molecule has 0 aromatic heterocycles. The van der Waals surface area contributed by atoms with Crippen LogP contribution in [0.5, 0.6) is 0 Å². The summed E-state index contributed by atoms with van der Waals surface area (Å²) in [6, 6.07) is 31.0. The maximum absolute atomic E-state index is 12.9. The van der Waals surface area contributed by atoms with Gasteiger partial charge in [0, 0.05) is 26.2 Å². The maximum atomic E-state index is 12.9. The third-order valence-electron chi connectivity index (χ3n) is 6.04. The number of benzene rings is 3. The Morgan fingerprint density at radius 3 is 1.81 bits per heavy atom. The Balaban J connectivity index is 1.37. The van der Waals surface area contributed by atoms with Crippen molar-refractivity contribution in [3.63, 3.8) is 0 Å². The highest BCUT2D eigenvalue weighted by atomic mass is 16.2. The van der Waals surface area contributed by atoms with Gasteiger partial charge in [-0.2, -0.15) is 0 Å². The van der Waals surface area contributed by atoms with Crippen molar-refractivity contribution < 1.29 is 4.79 Å². The number of hydrogen-bond acceptors (Lipinski definition) is 3. The molecule has 0 saturated carbocycles. The van der Waals surface area contributed by atoms with E-state index in [4.69, 9.17) is 5.73 Å². The van der Waals surface area contributed by atoms with E-state index in [0.717, 1.165) is 18.7 Å². The Bertz CT molecular complexity index is 957. The molecule has 164 valence electrons. The lowest BCUT2D eigenvalue weighted by atomic mass is 9.96. The zero-order valence-electron chi connectivity index (χ0n) is 18.4. The molecule has 1 aliphatic rings. The van der Waals surface area contributed by atoms with Crippen molar-refractivity contribution >= 4 is 12.0 Å². The van der Waals surface area contributed by atoms with Crippen LogP contribution >= 0.6 is 0 Å². The Hall–Kier alpha value is -3.21. The summed E-state index contributed by atoms with van der Waals surface area (Å²) in [5.41, 5.74) is 9.91. The first kappa shape index (κ1) is 22.0. The zero-order valence-corrected chi connectivity index (χ0v) is 18.4. The molecule has 4 nitrogen and oxygen atoms in total. The molecule has 4 heteroatoms. The number of nitrogens with zero attached hydrogens (tertiary/aromatic N) is 2. The van der Waals surface area contributed by atoms with Gasteiger partial charge in [-0.25, -0.2) is 0 Å². The van der Waals surface area contributed by atoms with E-state index in [1.54, 1.807) is 0 Å². The van der Waals surface area contributed by atoms with Crippen LogP contribution in [0.15, 0.2) is 97.1 Å². The van der Waals surface area contributed by atoms with Crippen molar-refractivity contribution in [1.29, 1.82) is 0 Å². The quantitative estimate of drug-likeness (QED) is 0.612. The minimum absolute atomic E-state index is 0.0401. The van der Waals surface area contributed by atoms with Crippen LogP contribution in [0.3, 0.4) is 0 Å². The summed E-state index contributed by atoms with van der Waals surface area (Å²) in [7, 11) is 0. The van der Waals surface area contributed by atoms with Crippen LogP contribution in [0.1, 0.15) is 29.2 Å². The molecule has 0 spiro atoms. The van der Waals surface area contributed by atoms with Gasteiger partial charge in [0.2, 0.25) is 5.91 Å². The lowest BCUT2D eigenvalue weighted by molar-refractivity contribution is -0.134. The molecule has 4 rings (SSSR count). The third-order valence-corrected chi connectivity index (χ3v) is 6.04. The molecular formula is C28H31N3O. The van der Waals surface area contributed by atoms with Crippen LogP contribution in [0.2, 0.25) is 0 Å². The standard InChI is InChI=1S/C28H31N3O/c29-26(18-10-13-23-11-4-1-5-12-23)28(32)31-21-19-30(20-22-31)27(24-14-6-2-7-15-24)25-16-8-3-9-17-25/h1-17,26-27H,18-22,29H2. The number of carbonyl (C=O) groups is 1. The molecule has 0 aliphatic carbocycles. The molecule has 2 N–H and O–H groups in total. The van der Waals surface area contributed by atoms with Crippen molar-refractivity contribution in [2.24, 2.45) is 5.73 Å².